The van der Waals surface area contributed by atoms with Gasteiger partial charge in [-0.3, -0.25) is 4.68 Å². The Morgan fingerprint density at radius 3 is 2.93 bits per heavy atom. The summed E-state index contributed by atoms with van der Waals surface area (Å²) < 4.78 is 18.1. The van der Waals surface area contributed by atoms with E-state index in [0.717, 1.165) is 30.9 Å². The number of anilines is 1. The monoisotopic (exact) mass is 393 g/mol. The molecule has 3 aromatic heterocycles. The summed E-state index contributed by atoms with van der Waals surface area (Å²) in [6.07, 6.45) is 2.14. The van der Waals surface area contributed by atoms with E-state index in [4.69, 9.17) is 5.10 Å². The molecule has 0 spiro atoms. The Morgan fingerprint density at radius 1 is 1.34 bits per heavy atom. The molecule has 0 bridgehead atoms. The van der Waals surface area contributed by atoms with Gasteiger partial charge in [-0.2, -0.15) is 15.5 Å². The van der Waals surface area contributed by atoms with Crippen LogP contribution in [-0.2, 0) is 13.0 Å². The van der Waals surface area contributed by atoms with E-state index in [9.17, 15) is 9.65 Å². The van der Waals surface area contributed by atoms with Gasteiger partial charge in [0, 0.05) is 12.1 Å². The quantitative estimate of drug-likeness (QED) is 0.725. The van der Waals surface area contributed by atoms with Gasteiger partial charge in [-0.05, 0) is 37.9 Å². The molecule has 0 radical (unpaired) electrons. The van der Waals surface area contributed by atoms with Gasteiger partial charge in [0.15, 0.2) is 5.82 Å². The first-order valence-electron chi connectivity index (χ1n) is 10.1. The average Bonchev–Trinajstić information content (AvgIpc) is 3.29. The molecule has 0 fully saturated rings. The molecule has 8 heteroatoms. The normalized spacial score (nSPS) is 21.3. The number of pyridine rings is 1. The highest BCUT2D eigenvalue weighted by Gasteiger charge is 2.34. The number of nitriles is 1. The molecule has 2 aliphatic rings. The Morgan fingerprint density at radius 2 is 2.17 bits per heavy atom. The van der Waals surface area contributed by atoms with Gasteiger partial charge in [0.05, 0.1) is 41.9 Å². The highest BCUT2D eigenvalue weighted by molar-refractivity contribution is 5.75. The topological polar surface area (TPSA) is 74.2 Å². The van der Waals surface area contributed by atoms with Crippen LogP contribution in [0.15, 0.2) is 18.3 Å². The summed E-state index contributed by atoms with van der Waals surface area (Å²) in [6, 6.07) is 6.06. The third-order valence-electron chi connectivity index (χ3n) is 6.14. The Hall–Kier alpha value is -2.92. The van der Waals surface area contributed by atoms with Gasteiger partial charge in [-0.15, -0.1) is 0 Å². The van der Waals surface area contributed by atoms with Crippen LogP contribution < -0.4 is 10.2 Å². The smallest absolute Gasteiger partial charge is 0.171 e. The lowest BCUT2D eigenvalue weighted by Gasteiger charge is -2.34. The van der Waals surface area contributed by atoms with E-state index in [1.807, 2.05) is 6.07 Å². The highest BCUT2D eigenvalue weighted by Crippen LogP contribution is 2.36. The van der Waals surface area contributed by atoms with Crippen LogP contribution in [0.2, 0.25) is 0 Å². The maximum Gasteiger partial charge on any atom is 0.171 e. The minimum atomic E-state index is -0.407. The summed E-state index contributed by atoms with van der Waals surface area (Å²) in [5.41, 5.74) is 5.16. The summed E-state index contributed by atoms with van der Waals surface area (Å²) >= 11 is 0. The van der Waals surface area contributed by atoms with Crippen LogP contribution in [-0.4, -0.2) is 32.5 Å². The predicted octanol–water partition coefficient (Wildman–Crippen LogP) is 2.97. The molecule has 3 aromatic rings. The molecule has 2 aliphatic heterocycles. The number of rotatable bonds is 2. The number of aromatic nitrogens is 4. The van der Waals surface area contributed by atoms with Crippen molar-refractivity contribution in [2.45, 2.75) is 45.8 Å². The van der Waals surface area contributed by atoms with Crippen LogP contribution >= 0.6 is 0 Å². The van der Waals surface area contributed by atoms with Crippen molar-refractivity contribution in [3.8, 4) is 6.07 Å². The molecule has 0 saturated heterocycles. The molecule has 1 N–H and O–H groups in total. The Balaban J connectivity index is 1.60. The molecule has 7 nitrogen and oxygen atoms in total. The molecule has 5 rings (SSSR count). The van der Waals surface area contributed by atoms with Gasteiger partial charge in [0.25, 0.3) is 0 Å². The first-order chi connectivity index (χ1) is 14.0. The van der Waals surface area contributed by atoms with E-state index in [1.54, 1.807) is 6.07 Å². The number of fused-ring (bicyclic) bond motifs is 4. The van der Waals surface area contributed by atoms with Crippen LogP contribution in [0.4, 0.5) is 10.1 Å². The summed E-state index contributed by atoms with van der Waals surface area (Å²) in [6.45, 7) is 8.93. The maximum absolute atomic E-state index is 14.6. The van der Waals surface area contributed by atoms with Gasteiger partial charge < -0.3 is 10.2 Å². The number of hydrogen-bond donors (Lipinski definition) is 1. The van der Waals surface area contributed by atoms with Gasteiger partial charge in [-0.25, -0.2) is 8.91 Å². The summed E-state index contributed by atoms with van der Waals surface area (Å²) in [5.74, 6) is 0.0615. The van der Waals surface area contributed by atoms with E-state index >= 15 is 0 Å². The second-order valence-corrected chi connectivity index (χ2v) is 8.38. The molecule has 150 valence electrons. The van der Waals surface area contributed by atoms with Gasteiger partial charge in [0.2, 0.25) is 0 Å². The standard InChI is InChI=1S/C21H24FN7/c1-12(2)19-20-15(6-7-24-19)18-11-27(10-13(3)28(18)26-20)17-5-4-14(8-23)29-21(17)16(22)9-25-29/h4-5,9,12-13,19,24H,6-7,10-11H2,1-3H3/t13-,19?/m1/s1. The van der Waals surface area contributed by atoms with E-state index in [1.165, 1.54) is 22.0 Å². The minimum Gasteiger partial charge on any atom is -0.362 e. The van der Waals surface area contributed by atoms with E-state index < -0.39 is 5.82 Å². The number of nitrogens with zero attached hydrogens (tertiary/aromatic N) is 6. The van der Waals surface area contributed by atoms with E-state index in [0.29, 0.717) is 23.7 Å². The number of halogens is 1. The fraction of sp³-hybridized carbons (Fsp3) is 0.476. The second-order valence-electron chi connectivity index (χ2n) is 8.38. The molecule has 0 amide bonds. The third kappa shape index (κ3) is 2.64. The Kier molecular flexibility index (Phi) is 4.10. The largest absolute Gasteiger partial charge is 0.362 e. The number of nitrogens with one attached hydrogen (secondary N) is 1. The molecule has 0 saturated carbocycles. The minimum absolute atomic E-state index is 0.166. The molecule has 1 unspecified atom stereocenters. The zero-order chi connectivity index (χ0) is 20.3. The fourth-order valence-electron chi connectivity index (χ4n) is 4.79. The lowest BCUT2D eigenvalue weighted by atomic mass is 9.92. The van der Waals surface area contributed by atoms with Crippen molar-refractivity contribution in [2.75, 3.05) is 18.0 Å². The van der Waals surface area contributed by atoms with Crippen molar-refractivity contribution in [2.24, 2.45) is 5.92 Å². The highest BCUT2D eigenvalue weighted by atomic mass is 19.1. The van der Waals surface area contributed by atoms with Crippen LogP contribution in [0.5, 0.6) is 0 Å². The average molecular weight is 393 g/mol. The summed E-state index contributed by atoms with van der Waals surface area (Å²) in [7, 11) is 0. The van der Waals surface area contributed by atoms with Crippen molar-refractivity contribution in [1.82, 2.24) is 24.7 Å². The molecule has 0 aromatic carbocycles. The van der Waals surface area contributed by atoms with Crippen molar-refractivity contribution in [3.63, 3.8) is 0 Å². The second kappa shape index (κ2) is 6.56. The van der Waals surface area contributed by atoms with E-state index in [2.05, 4.69) is 46.8 Å². The first kappa shape index (κ1) is 18.1. The zero-order valence-electron chi connectivity index (χ0n) is 16.9. The van der Waals surface area contributed by atoms with Crippen LogP contribution in [0.25, 0.3) is 5.52 Å². The molecule has 2 atom stereocenters. The third-order valence-corrected chi connectivity index (χ3v) is 6.14. The lowest BCUT2D eigenvalue weighted by Crippen LogP contribution is -2.37. The first-order valence-corrected chi connectivity index (χ1v) is 10.1. The maximum atomic E-state index is 14.6. The zero-order valence-corrected chi connectivity index (χ0v) is 16.9. The van der Waals surface area contributed by atoms with Crippen LogP contribution in [0.1, 0.15) is 55.5 Å². The van der Waals surface area contributed by atoms with Crippen LogP contribution in [0.3, 0.4) is 0 Å². The summed E-state index contributed by atoms with van der Waals surface area (Å²) in [4.78, 5) is 2.19. The lowest BCUT2D eigenvalue weighted by molar-refractivity contribution is 0.378. The van der Waals surface area contributed by atoms with Crippen molar-refractivity contribution < 1.29 is 4.39 Å². The van der Waals surface area contributed by atoms with Crippen LogP contribution in [0, 0.1) is 23.1 Å². The molecule has 5 heterocycles. The Labute approximate surface area is 168 Å². The SMILES string of the molecule is CC(C)C1NCCc2c1nn1c2CN(c2ccc(C#N)n3ncc(F)c23)C[C@H]1C. The van der Waals surface area contributed by atoms with E-state index in [-0.39, 0.29) is 12.1 Å². The molecular weight excluding hydrogens is 369 g/mol. The number of hydrogen-bond acceptors (Lipinski definition) is 5. The van der Waals surface area contributed by atoms with Gasteiger partial charge >= 0.3 is 0 Å². The Bertz CT molecular complexity index is 1140. The van der Waals surface area contributed by atoms with Crippen molar-refractivity contribution in [3.05, 3.63) is 46.8 Å². The summed E-state index contributed by atoms with van der Waals surface area (Å²) in [5, 5.41) is 22.0. The molecule has 0 aliphatic carbocycles. The van der Waals surface area contributed by atoms with Gasteiger partial charge in [-0.1, -0.05) is 13.8 Å². The molecule has 29 heavy (non-hydrogen) atoms. The predicted molar refractivity (Wildman–Crippen MR) is 107 cm³/mol. The van der Waals surface area contributed by atoms with Crippen molar-refractivity contribution >= 4 is 11.2 Å². The van der Waals surface area contributed by atoms with Crippen molar-refractivity contribution in [1.29, 1.82) is 5.26 Å². The van der Waals surface area contributed by atoms with Gasteiger partial charge in [0.1, 0.15) is 17.3 Å². The fourth-order valence-corrected chi connectivity index (χ4v) is 4.79. The molecular formula is C21H24FN7.